The minimum absolute atomic E-state index is 0.0686. The molecule has 82 valence electrons. The van der Waals surface area contributed by atoms with Crippen LogP contribution < -0.4 is 0 Å². The fraction of sp³-hybridized carbons (Fsp3) is 0.545. The Morgan fingerprint density at radius 2 is 2.47 bits per heavy atom. The number of rotatable bonds is 3. The molecule has 1 aliphatic rings. The van der Waals surface area contributed by atoms with Gasteiger partial charge in [0.1, 0.15) is 5.38 Å². The predicted molar refractivity (Wildman–Crippen MR) is 63.4 cm³/mol. The van der Waals surface area contributed by atoms with Crippen molar-refractivity contribution in [3.63, 3.8) is 0 Å². The van der Waals surface area contributed by atoms with E-state index in [0.717, 1.165) is 19.5 Å². The molecule has 0 spiro atoms. The second kappa shape index (κ2) is 4.54. The van der Waals surface area contributed by atoms with Gasteiger partial charge in [-0.1, -0.05) is 6.07 Å². The van der Waals surface area contributed by atoms with Gasteiger partial charge in [-0.15, -0.1) is 22.9 Å². The van der Waals surface area contributed by atoms with Crippen LogP contribution in [0.5, 0.6) is 0 Å². The van der Waals surface area contributed by atoms with Crippen LogP contribution in [0.2, 0.25) is 0 Å². The molecule has 0 aliphatic carbocycles. The minimum atomic E-state index is -0.382. The van der Waals surface area contributed by atoms with E-state index < -0.39 is 0 Å². The second-order valence-corrected chi connectivity index (χ2v) is 5.70. The van der Waals surface area contributed by atoms with Crippen LogP contribution in [-0.4, -0.2) is 29.3 Å². The molecule has 1 unspecified atom stereocenters. The van der Waals surface area contributed by atoms with E-state index in [1.54, 1.807) is 18.3 Å². The van der Waals surface area contributed by atoms with Crippen molar-refractivity contribution in [2.45, 2.75) is 18.7 Å². The van der Waals surface area contributed by atoms with Crippen LogP contribution in [0.1, 0.15) is 11.8 Å². The molecule has 1 aromatic heterocycles. The molecule has 0 aromatic carbocycles. The number of likely N-dealkylation sites (tertiary alicyclic amines) is 1. The van der Waals surface area contributed by atoms with Gasteiger partial charge in [0.2, 0.25) is 5.91 Å². The number of amides is 1. The lowest BCUT2D eigenvalue weighted by atomic mass is 9.95. The van der Waals surface area contributed by atoms with E-state index in [-0.39, 0.29) is 11.3 Å². The molecule has 1 aromatic rings. The molecule has 4 heteroatoms. The average molecular weight is 244 g/mol. The van der Waals surface area contributed by atoms with Crippen molar-refractivity contribution in [1.82, 2.24) is 4.90 Å². The Balaban J connectivity index is 1.77. The topological polar surface area (TPSA) is 20.3 Å². The second-order valence-electron chi connectivity index (χ2n) is 4.01. The van der Waals surface area contributed by atoms with Crippen molar-refractivity contribution in [2.75, 3.05) is 13.1 Å². The minimum Gasteiger partial charge on any atom is -0.341 e. The Kier molecular flexibility index (Phi) is 3.32. The van der Waals surface area contributed by atoms with E-state index in [2.05, 4.69) is 17.5 Å². The fourth-order valence-electron chi connectivity index (χ4n) is 1.84. The molecule has 2 rings (SSSR count). The fourth-order valence-corrected chi connectivity index (χ4v) is 2.80. The zero-order valence-corrected chi connectivity index (χ0v) is 10.2. The highest BCUT2D eigenvalue weighted by atomic mass is 35.5. The summed E-state index contributed by atoms with van der Waals surface area (Å²) in [6.45, 7) is 3.47. The van der Waals surface area contributed by atoms with E-state index in [9.17, 15) is 4.79 Å². The Labute approximate surface area is 98.8 Å². The van der Waals surface area contributed by atoms with E-state index in [1.165, 1.54) is 4.88 Å². The molecule has 1 amide bonds. The summed E-state index contributed by atoms with van der Waals surface area (Å²) in [6, 6.07) is 4.22. The van der Waals surface area contributed by atoms with Crippen LogP contribution >= 0.6 is 22.9 Å². The van der Waals surface area contributed by atoms with Crippen molar-refractivity contribution < 1.29 is 4.79 Å². The summed E-state index contributed by atoms with van der Waals surface area (Å²) in [5, 5.41) is 1.71. The molecular formula is C11H14ClNOS. The van der Waals surface area contributed by atoms with Gasteiger partial charge in [-0.3, -0.25) is 4.79 Å². The van der Waals surface area contributed by atoms with Crippen molar-refractivity contribution in [3.05, 3.63) is 22.4 Å². The van der Waals surface area contributed by atoms with Crippen molar-refractivity contribution in [1.29, 1.82) is 0 Å². The SMILES string of the molecule is CC(Cl)C(=O)N1CC(Cc2cccs2)C1. The maximum atomic E-state index is 11.5. The molecular weight excluding hydrogens is 230 g/mol. The smallest absolute Gasteiger partial charge is 0.240 e. The number of carbonyl (C=O) groups excluding carboxylic acids is 1. The standard InChI is InChI=1S/C11H14ClNOS/c1-8(12)11(14)13-6-9(7-13)5-10-3-2-4-15-10/h2-4,8-9H,5-7H2,1H3. The Morgan fingerprint density at radius 3 is 3.00 bits per heavy atom. The first kappa shape index (κ1) is 11.0. The van der Waals surface area contributed by atoms with Crippen LogP contribution in [0.4, 0.5) is 0 Å². The van der Waals surface area contributed by atoms with E-state index >= 15 is 0 Å². The molecule has 0 radical (unpaired) electrons. The summed E-state index contributed by atoms with van der Waals surface area (Å²) >= 11 is 7.52. The van der Waals surface area contributed by atoms with Crippen molar-refractivity contribution in [2.24, 2.45) is 5.92 Å². The Bertz CT molecular complexity index is 330. The van der Waals surface area contributed by atoms with Crippen LogP contribution in [0.3, 0.4) is 0 Å². The summed E-state index contributed by atoms with van der Waals surface area (Å²) < 4.78 is 0. The van der Waals surface area contributed by atoms with E-state index in [4.69, 9.17) is 11.6 Å². The van der Waals surface area contributed by atoms with Crippen molar-refractivity contribution in [3.8, 4) is 0 Å². The normalized spacial score (nSPS) is 18.7. The first-order valence-electron chi connectivity index (χ1n) is 5.12. The first-order valence-corrected chi connectivity index (χ1v) is 6.43. The molecule has 0 bridgehead atoms. The lowest BCUT2D eigenvalue weighted by molar-refractivity contribution is -0.136. The van der Waals surface area contributed by atoms with Crippen LogP contribution in [0.15, 0.2) is 17.5 Å². The third kappa shape index (κ3) is 2.52. The molecule has 15 heavy (non-hydrogen) atoms. The maximum Gasteiger partial charge on any atom is 0.240 e. The van der Waals surface area contributed by atoms with E-state index in [0.29, 0.717) is 5.92 Å². The number of nitrogens with zero attached hydrogens (tertiary/aromatic N) is 1. The highest BCUT2D eigenvalue weighted by Gasteiger charge is 2.32. The molecule has 2 heterocycles. The summed E-state index contributed by atoms with van der Waals surface area (Å²) in [6.07, 6.45) is 1.10. The van der Waals surface area contributed by atoms with Gasteiger partial charge in [-0.25, -0.2) is 0 Å². The summed E-state index contributed by atoms with van der Waals surface area (Å²) in [5.41, 5.74) is 0. The number of carbonyl (C=O) groups is 1. The van der Waals surface area contributed by atoms with Gasteiger partial charge >= 0.3 is 0 Å². The average Bonchev–Trinajstić information content (AvgIpc) is 2.61. The Hall–Kier alpha value is -0.540. The third-order valence-electron chi connectivity index (χ3n) is 2.68. The molecule has 1 aliphatic heterocycles. The maximum absolute atomic E-state index is 11.5. The highest BCUT2D eigenvalue weighted by Crippen LogP contribution is 2.23. The highest BCUT2D eigenvalue weighted by molar-refractivity contribution is 7.09. The number of thiophene rings is 1. The summed E-state index contributed by atoms with van der Waals surface area (Å²) in [7, 11) is 0. The van der Waals surface area contributed by atoms with Gasteiger partial charge in [0.15, 0.2) is 0 Å². The zero-order chi connectivity index (χ0) is 10.8. The Morgan fingerprint density at radius 1 is 1.73 bits per heavy atom. The lowest BCUT2D eigenvalue weighted by Gasteiger charge is -2.39. The van der Waals surface area contributed by atoms with Gasteiger partial charge in [-0.05, 0) is 30.7 Å². The number of alkyl halides is 1. The molecule has 1 saturated heterocycles. The van der Waals surface area contributed by atoms with Gasteiger partial charge in [0.05, 0.1) is 0 Å². The van der Waals surface area contributed by atoms with Crippen molar-refractivity contribution >= 4 is 28.8 Å². The quantitative estimate of drug-likeness (QED) is 0.747. The summed E-state index contributed by atoms with van der Waals surface area (Å²) in [4.78, 5) is 14.7. The molecule has 1 atom stereocenters. The van der Waals surface area contributed by atoms with Gasteiger partial charge < -0.3 is 4.90 Å². The van der Waals surface area contributed by atoms with Gasteiger partial charge in [0.25, 0.3) is 0 Å². The third-order valence-corrected chi connectivity index (χ3v) is 3.76. The van der Waals surface area contributed by atoms with Crippen LogP contribution in [-0.2, 0) is 11.2 Å². The van der Waals surface area contributed by atoms with Crippen LogP contribution in [0, 0.1) is 5.92 Å². The van der Waals surface area contributed by atoms with Gasteiger partial charge in [-0.2, -0.15) is 0 Å². The number of hydrogen-bond acceptors (Lipinski definition) is 2. The lowest BCUT2D eigenvalue weighted by Crippen LogP contribution is -2.52. The summed E-state index contributed by atoms with van der Waals surface area (Å²) in [5.74, 6) is 0.696. The number of hydrogen-bond donors (Lipinski definition) is 0. The predicted octanol–water partition coefficient (Wildman–Crippen LogP) is 2.38. The molecule has 0 N–H and O–H groups in total. The first-order chi connectivity index (χ1) is 7.16. The molecule has 2 nitrogen and oxygen atoms in total. The van der Waals surface area contributed by atoms with E-state index in [1.807, 2.05) is 4.90 Å². The zero-order valence-electron chi connectivity index (χ0n) is 8.65. The molecule has 1 fully saturated rings. The number of halogens is 1. The monoisotopic (exact) mass is 243 g/mol. The van der Waals surface area contributed by atoms with Gasteiger partial charge in [0, 0.05) is 18.0 Å². The largest absolute Gasteiger partial charge is 0.341 e. The molecule has 0 saturated carbocycles. The van der Waals surface area contributed by atoms with Crippen LogP contribution in [0.25, 0.3) is 0 Å².